The first kappa shape index (κ1) is 17.8. The number of ether oxygens (including phenoxy) is 2. The maximum absolute atomic E-state index is 12.9. The molecule has 25 heavy (non-hydrogen) atoms. The van der Waals surface area contributed by atoms with Crippen LogP contribution in [0, 0.1) is 0 Å². The molecule has 0 spiro atoms. The number of nitrogens with zero attached hydrogens (tertiary/aromatic N) is 2. The summed E-state index contributed by atoms with van der Waals surface area (Å²) >= 11 is 1.49. The van der Waals surface area contributed by atoms with Crippen LogP contribution in [-0.4, -0.2) is 55.0 Å². The lowest BCUT2D eigenvalue weighted by atomic mass is 10.1. The van der Waals surface area contributed by atoms with E-state index in [1.54, 1.807) is 13.3 Å². The highest BCUT2D eigenvalue weighted by Crippen LogP contribution is 2.21. The largest absolute Gasteiger partial charge is 0.497 e. The van der Waals surface area contributed by atoms with E-state index in [1.165, 1.54) is 17.3 Å². The Labute approximate surface area is 152 Å². The topological polar surface area (TPSA) is 51.7 Å². The Morgan fingerprint density at radius 1 is 1.36 bits per heavy atom. The molecule has 1 atom stereocenters. The summed E-state index contributed by atoms with van der Waals surface area (Å²) in [7, 11) is 1.66. The van der Waals surface area contributed by atoms with E-state index in [1.807, 2.05) is 47.6 Å². The Morgan fingerprint density at radius 3 is 2.88 bits per heavy atom. The van der Waals surface area contributed by atoms with Gasteiger partial charge in [0.25, 0.3) is 5.91 Å². The van der Waals surface area contributed by atoms with Crippen LogP contribution in [0.5, 0.6) is 5.75 Å². The van der Waals surface area contributed by atoms with Gasteiger partial charge in [-0.2, -0.15) is 0 Å². The highest BCUT2D eigenvalue weighted by atomic mass is 32.2. The van der Waals surface area contributed by atoms with E-state index in [9.17, 15) is 4.79 Å². The van der Waals surface area contributed by atoms with Crippen molar-refractivity contribution in [2.45, 2.75) is 17.6 Å². The predicted molar refractivity (Wildman–Crippen MR) is 98.4 cm³/mol. The molecule has 5 nitrogen and oxygen atoms in total. The molecule has 0 bridgehead atoms. The van der Waals surface area contributed by atoms with Gasteiger partial charge in [0.2, 0.25) is 0 Å². The number of carbonyl (C=O) groups excluding carboxylic acids is 1. The van der Waals surface area contributed by atoms with Crippen LogP contribution < -0.4 is 4.74 Å². The van der Waals surface area contributed by atoms with E-state index in [0.29, 0.717) is 25.3 Å². The highest BCUT2D eigenvalue weighted by Gasteiger charge is 2.26. The molecule has 1 fully saturated rings. The van der Waals surface area contributed by atoms with Crippen molar-refractivity contribution in [3.63, 3.8) is 0 Å². The van der Waals surface area contributed by atoms with Gasteiger partial charge in [-0.1, -0.05) is 12.1 Å². The molecule has 132 valence electrons. The number of benzene rings is 1. The molecule has 1 aliphatic heterocycles. The number of methoxy groups -OCH3 is 1. The van der Waals surface area contributed by atoms with Gasteiger partial charge in [0.05, 0.1) is 25.4 Å². The summed E-state index contributed by atoms with van der Waals surface area (Å²) in [6.45, 7) is 1.76. The molecule has 1 aliphatic rings. The van der Waals surface area contributed by atoms with Crippen molar-refractivity contribution in [3.05, 3.63) is 53.7 Å². The Balaban J connectivity index is 1.66. The molecular weight excluding hydrogens is 336 g/mol. The molecule has 0 saturated carbocycles. The summed E-state index contributed by atoms with van der Waals surface area (Å²) in [6, 6.07) is 11.6. The molecule has 0 aliphatic carbocycles. The van der Waals surface area contributed by atoms with Gasteiger partial charge in [0.1, 0.15) is 10.8 Å². The second-order valence-electron chi connectivity index (χ2n) is 5.86. The lowest BCUT2D eigenvalue weighted by Gasteiger charge is -2.33. The highest BCUT2D eigenvalue weighted by molar-refractivity contribution is 7.98. The summed E-state index contributed by atoms with van der Waals surface area (Å²) in [4.78, 5) is 19.0. The molecule has 1 saturated heterocycles. The first-order valence-electron chi connectivity index (χ1n) is 8.24. The average molecular weight is 358 g/mol. The van der Waals surface area contributed by atoms with Gasteiger partial charge in [-0.15, -0.1) is 11.8 Å². The van der Waals surface area contributed by atoms with Gasteiger partial charge < -0.3 is 14.4 Å². The molecule has 1 aromatic heterocycles. The van der Waals surface area contributed by atoms with Gasteiger partial charge in [-0.25, -0.2) is 4.98 Å². The molecule has 3 rings (SSSR count). The number of aromatic nitrogens is 1. The Kier molecular flexibility index (Phi) is 5.94. The predicted octanol–water partition coefficient (Wildman–Crippen LogP) is 2.90. The van der Waals surface area contributed by atoms with Crippen molar-refractivity contribution in [1.82, 2.24) is 9.88 Å². The summed E-state index contributed by atoms with van der Waals surface area (Å²) < 4.78 is 11.1. The minimum Gasteiger partial charge on any atom is -0.497 e. The maximum Gasteiger partial charge on any atom is 0.256 e. The second-order valence-corrected chi connectivity index (χ2v) is 6.65. The third-order valence-electron chi connectivity index (χ3n) is 4.24. The normalized spacial score (nSPS) is 17.4. The lowest BCUT2D eigenvalue weighted by Crippen LogP contribution is -2.46. The van der Waals surface area contributed by atoms with Crippen LogP contribution >= 0.6 is 11.8 Å². The van der Waals surface area contributed by atoms with Gasteiger partial charge in [0.15, 0.2) is 0 Å². The standard InChI is InChI=1S/C19H22N2O3S/c1-23-15-7-5-14(6-8-15)12-16-13-21(10-11-24-16)19(22)17-4-3-9-20-18(17)25-2/h3-9,16H,10-13H2,1-2H3/t16-/m0/s1. The summed E-state index contributed by atoms with van der Waals surface area (Å²) in [5, 5.41) is 0.769. The molecular formula is C19H22N2O3S. The van der Waals surface area contributed by atoms with E-state index < -0.39 is 0 Å². The second kappa shape index (κ2) is 8.36. The Morgan fingerprint density at radius 2 is 2.16 bits per heavy atom. The minimum atomic E-state index is 0.000459. The van der Waals surface area contributed by atoms with E-state index >= 15 is 0 Å². The number of thioether (sulfide) groups is 1. The minimum absolute atomic E-state index is 0.000459. The van der Waals surface area contributed by atoms with Crippen LogP contribution in [0.15, 0.2) is 47.6 Å². The van der Waals surface area contributed by atoms with Crippen LogP contribution in [0.1, 0.15) is 15.9 Å². The quantitative estimate of drug-likeness (QED) is 0.769. The third-order valence-corrected chi connectivity index (χ3v) is 4.96. The summed E-state index contributed by atoms with van der Waals surface area (Å²) in [6.07, 6.45) is 4.43. The Bertz CT molecular complexity index is 721. The fourth-order valence-corrected chi connectivity index (χ4v) is 3.48. The van der Waals surface area contributed by atoms with Crippen molar-refractivity contribution in [2.24, 2.45) is 0 Å². The number of amides is 1. The van der Waals surface area contributed by atoms with Crippen molar-refractivity contribution >= 4 is 17.7 Å². The summed E-state index contributed by atoms with van der Waals surface area (Å²) in [5.74, 6) is 0.867. The molecule has 0 unspecified atom stereocenters. The van der Waals surface area contributed by atoms with Crippen molar-refractivity contribution in [3.8, 4) is 5.75 Å². The number of pyridine rings is 1. The molecule has 1 amide bonds. The summed E-state index contributed by atoms with van der Waals surface area (Å²) in [5.41, 5.74) is 1.84. The van der Waals surface area contributed by atoms with Gasteiger partial charge in [0, 0.05) is 25.7 Å². The fraction of sp³-hybridized carbons (Fsp3) is 0.368. The fourth-order valence-electron chi connectivity index (χ4n) is 2.94. The van der Waals surface area contributed by atoms with Gasteiger partial charge in [-0.3, -0.25) is 4.79 Å². The zero-order valence-corrected chi connectivity index (χ0v) is 15.3. The van der Waals surface area contributed by atoms with Crippen LogP contribution in [0.2, 0.25) is 0 Å². The Hall–Kier alpha value is -2.05. The number of hydrogen-bond acceptors (Lipinski definition) is 5. The van der Waals surface area contributed by atoms with Crippen LogP contribution in [0.3, 0.4) is 0 Å². The molecule has 2 aromatic rings. The van der Waals surface area contributed by atoms with Crippen molar-refractivity contribution in [1.29, 1.82) is 0 Å². The lowest BCUT2D eigenvalue weighted by molar-refractivity contribution is -0.0209. The number of hydrogen-bond donors (Lipinski definition) is 0. The molecule has 1 aromatic carbocycles. The maximum atomic E-state index is 12.9. The van der Waals surface area contributed by atoms with E-state index in [-0.39, 0.29) is 12.0 Å². The zero-order chi connectivity index (χ0) is 17.6. The zero-order valence-electron chi connectivity index (χ0n) is 14.5. The first-order valence-corrected chi connectivity index (χ1v) is 9.46. The molecule has 0 radical (unpaired) electrons. The van der Waals surface area contributed by atoms with E-state index in [4.69, 9.17) is 9.47 Å². The van der Waals surface area contributed by atoms with Gasteiger partial charge in [-0.05, 0) is 36.1 Å². The first-order chi connectivity index (χ1) is 12.2. The van der Waals surface area contributed by atoms with E-state index in [2.05, 4.69) is 4.98 Å². The molecule has 0 N–H and O–H groups in total. The molecule has 6 heteroatoms. The third kappa shape index (κ3) is 4.32. The number of rotatable bonds is 5. The average Bonchev–Trinajstić information content (AvgIpc) is 2.68. The monoisotopic (exact) mass is 358 g/mol. The number of morpholine rings is 1. The molecule has 2 heterocycles. The number of carbonyl (C=O) groups is 1. The van der Waals surface area contributed by atoms with E-state index in [0.717, 1.165) is 17.2 Å². The van der Waals surface area contributed by atoms with Crippen LogP contribution in [-0.2, 0) is 11.2 Å². The van der Waals surface area contributed by atoms with Crippen molar-refractivity contribution in [2.75, 3.05) is 33.1 Å². The van der Waals surface area contributed by atoms with Gasteiger partial charge >= 0.3 is 0 Å². The SMILES string of the molecule is COc1ccc(C[C@H]2CN(C(=O)c3cccnc3SC)CCO2)cc1. The van der Waals surface area contributed by atoms with Crippen LogP contribution in [0.25, 0.3) is 0 Å². The van der Waals surface area contributed by atoms with Crippen molar-refractivity contribution < 1.29 is 14.3 Å². The smallest absolute Gasteiger partial charge is 0.256 e. The van der Waals surface area contributed by atoms with Crippen LogP contribution in [0.4, 0.5) is 0 Å².